The average Bonchev–Trinajstić information content (AvgIpc) is 2.28. The molecule has 0 aromatic rings. The summed E-state index contributed by atoms with van der Waals surface area (Å²) in [7, 11) is 0. The number of nitrogens with two attached hydrogens (primary N) is 1. The fourth-order valence-electron chi connectivity index (χ4n) is 1.65. The first-order valence-corrected chi connectivity index (χ1v) is 4.63. The second kappa shape index (κ2) is 4.44. The van der Waals surface area contributed by atoms with Crippen molar-refractivity contribution in [3.8, 4) is 6.07 Å². The summed E-state index contributed by atoms with van der Waals surface area (Å²) in [6, 6.07) is 2.34. The molecule has 1 saturated heterocycles. The lowest BCUT2D eigenvalue weighted by Gasteiger charge is -2.23. The maximum atomic E-state index is 8.74. The lowest BCUT2D eigenvalue weighted by Crippen LogP contribution is -2.40. The molecule has 1 heterocycles. The zero-order chi connectivity index (χ0) is 8.97. The van der Waals surface area contributed by atoms with Gasteiger partial charge in [-0.1, -0.05) is 0 Å². The highest BCUT2D eigenvalue weighted by atomic mass is 15.2. The van der Waals surface area contributed by atoms with Gasteiger partial charge in [-0.15, -0.1) is 0 Å². The molecule has 0 aromatic heterocycles. The van der Waals surface area contributed by atoms with Gasteiger partial charge in [0.2, 0.25) is 0 Å². The molecule has 1 aliphatic rings. The van der Waals surface area contributed by atoms with Gasteiger partial charge in [-0.3, -0.25) is 4.90 Å². The molecule has 3 heteroatoms. The molecule has 0 aliphatic carbocycles. The van der Waals surface area contributed by atoms with Crippen LogP contribution in [0.3, 0.4) is 0 Å². The minimum absolute atomic E-state index is 0.141. The van der Waals surface area contributed by atoms with E-state index in [-0.39, 0.29) is 12.1 Å². The van der Waals surface area contributed by atoms with Crippen molar-refractivity contribution in [3.63, 3.8) is 0 Å². The van der Waals surface area contributed by atoms with E-state index in [2.05, 4.69) is 11.0 Å². The number of hydrogen-bond donors (Lipinski definition) is 1. The average molecular weight is 167 g/mol. The van der Waals surface area contributed by atoms with Crippen molar-refractivity contribution in [2.24, 2.45) is 11.7 Å². The van der Waals surface area contributed by atoms with Crippen LogP contribution in [-0.4, -0.2) is 24.2 Å². The first-order chi connectivity index (χ1) is 5.74. The van der Waals surface area contributed by atoms with E-state index in [0.717, 1.165) is 32.4 Å². The lowest BCUT2D eigenvalue weighted by atomic mass is 10.0. The van der Waals surface area contributed by atoms with Crippen LogP contribution in [-0.2, 0) is 0 Å². The topological polar surface area (TPSA) is 53.0 Å². The summed E-state index contributed by atoms with van der Waals surface area (Å²) < 4.78 is 0. The molecule has 0 bridgehead atoms. The molecule has 0 aromatic carbocycles. The summed E-state index contributed by atoms with van der Waals surface area (Å²) in [6.45, 7) is 4.04. The Hall–Kier alpha value is -0.590. The maximum absolute atomic E-state index is 8.74. The Labute approximate surface area is 74.1 Å². The quantitative estimate of drug-likeness (QED) is 0.631. The smallest absolute Gasteiger partial charge is 0.0656 e. The molecular weight excluding hydrogens is 150 g/mol. The van der Waals surface area contributed by atoms with Crippen LogP contribution in [0, 0.1) is 17.2 Å². The molecule has 3 nitrogen and oxygen atoms in total. The highest BCUT2D eigenvalue weighted by molar-refractivity contribution is 4.85. The number of hydrogen-bond acceptors (Lipinski definition) is 3. The molecule has 0 spiro atoms. The number of likely N-dealkylation sites (tertiary alicyclic amines) is 1. The molecule has 1 rings (SSSR count). The first kappa shape index (κ1) is 9.50. The van der Waals surface area contributed by atoms with E-state index in [0.29, 0.717) is 0 Å². The van der Waals surface area contributed by atoms with E-state index in [9.17, 15) is 0 Å². The van der Waals surface area contributed by atoms with E-state index in [1.165, 1.54) is 0 Å². The SMILES string of the molecule is CC(N)N1CCCC(C#N)CC1. The van der Waals surface area contributed by atoms with E-state index in [1.54, 1.807) is 0 Å². The second-order valence-corrected chi connectivity index (χ2v) is 3.53. The Morgan fingerprint density at radius 2 is 2.25 bits per heavy atom. The Balaban J connectivity index is 2.40. The van der Waals surface area contributed by atoms with Crippen molar-refractivity contribution < 1.29 is 0 Å². The van der Waals surface area contributed by atoms with Crippen LogP contribution in [0.1, 0.15) is 26.2 Å². The van der Waals surface area contributed by atoms with E-state index < -0.39 is 0 Å². The van der Waals surface area contributed by atoms with Crippen molar-refractivity contribution in [1.29, 1.82) is 5.26 Å². The molecular formula is C9H17N3. The van der Waals surface area contributed by atoms with Gasteiger partial charge in [-0.25, -0.2) is 0 Å². The van der Waals surface area contributed by atoms with Crippen molar-refractivity contribution in [2.75, 3.05) is 13.1 Å². The van der Waals surface area contributed by atoms with Crippen LogP contribution in [0.2, 0.25) is 0 Å². The van der Waals surface area contributed by atoms with Gasteiger partial charge in [-0.05, 0) is 32.7 Å². The van der Waals surface area contributed by atoms with Crippen molar-refractivity contribution >= 4 is 0 Å². The number of rotatable bonds is 1. The molecule has 2 atom stereocenters. The van der Waals surface area contributed by atoms with Crippen LogP contribution >= 0.6 is 0 Å². The van der Waals surface area contributed by atoms with Crippen molar-refractivity contribution in [3.05, 3.63) is 0 Å². The monoisotopic (exact) mass is 167 g/mol. The lowest BCUT2D eigenvalue weighted by molar-refractivity contribution is 0.220. The molecule has 12 heavy (non-hydrogen) atoms. The van der Waals surface area contributed by atoms with Gasteiger partial charge in [0.15, 0.2) is 0 Å². The van der Waals surface area contributed by atoms with Gasteiger partial charge in [0, 0.05) is 12.5 Å². The highest BCUT2D eigenvalue weighted by Crippen LogP contribution is 2.16. The fourth-order valence-corrected chi connectivity index (χ4v) is 1.65. The summed E-state index contributed by atoms with van der Waals surface area (Å²) in [6.07, 6.45) is 3.28. The third-order valence-electron chi connectivity index (χ3n) is 2.52. The van der Waals surface area contributed by atoms with Crippen LogP contribution in [0.4, 0.5) is 0 Å². The molecule has 0 saturated carbocycles. The zero-order valence-corrected chi connectivity index (χ0v) is 7.66. The third-order valence-corrected chi connectivity index (χ3v) is 2.52. The number of nitriles is 1. The first-order valence-electron chi connectivity index (χ1n) is 4.63. The third kappa shape index (κ3) is 2.47. The van der Waals surface area contributed by atoms with Gasteiger partial charge in [0.1, 0.15) is 0 Å². The summed E-state index contributed by atoms with van der Waals surface area (Å²) in [5.74, 6) is 0.258. The largest absolute Gasteiger partial charge is 0.316 e. The number of nitrogens with zero attached hydrogens (tertiary/aromatic N) is 2. The molecule has 0 radical (unpaired) electrons. The summed E-state index contributed by atoms with van der Waals surface area (Å²) in [4.78, 5) is 2.25. The minimum atomic E-state index is 0.141. The minimum Gasteiger partial charge on any atom is -0.316 e. The van der Waals surface area contributed by atoms with Crippen molar-refractivity contribution in [2.45, 2.75) is 32.4 Å². The van der Waals surface area contributed by atoms with Crippen molar-refractivity contribution in [1.82, 2.24) is 4.90 Å². The summed E-state index contributed by atoms with van der Waals surface area (Å²) >= 11 is 0. The van der Waals surface area contributed by atoms with Crippen LogP contribution < -0.4 is 5.73 Å². The van der Waals surface area contributed by atoms with Gasteiger partial charge in [-0.2, -0.15) is 5.26 Å². The molecule has 2 N–H and O–H groups in total. The summed E-state index contributed by atoms with van der Waals surface area (Å²) in [5, 5.41) is 8.74. The van der Waals surface area contributed by atoms with E-state index in [1.807, 2.05) is 6.92 Å². The second-order valence-electron chi connectivity index (χ2n) is 3.53. The molecule has 0 amide bonds. The highest BCUT2D eigenvalue weighted by Gasteiger charge is 2.17. The Bertz CT molecular complexity index is 171. The van der Waals surface area contributed by atoms with Gasteiger partial charge < -0.3 is 5.73 Å². The van der Waals surface area contributed by atoms with Crippen LogP contribution in [0.5, 0.6) is 0 Å². The molecule has 1 fully saturated rings. The standard InChI is InChI=1S/C9H17N3/c1-8(11)12-5-2-3-9(7-10)4-6-12/h8-9H,2-6,11H2,1H3. The van der Waals surface area contributed by atoms with Gasteiger partial charge in [0.05, 0.1) is 12.2 Å². The molecule has 68 valence electrons. The summed E-state index contributed by atoms with van der Waals surface area (Å²) in [5.41, 5.74) is 5.77. The Morgan fingerprint density at radius 3 is 2.83 bits per heavy atom. The molecule has 2 unspecified atom stereocenters. The Morgan fingerprint density at radius 1 is 1.50 bits per heavy atom. The van der Waals surface area contributed by atoms with Crippen LogP contribution in [0.25, 0.3) is 0 Å². The predicted octanol–water partition coefficient (Wildman–Crippen LogP) is 0.917. The van der Waals surface area contributed by atoms with Crippen LogP contribution in [0.15, 0.2) is 0 Å². The Kier molecular flexibility index (Phi) is 3.51. The normalized spacial score (nSPS) is 28.9. The van der Waals surface area contributed by atoms with E-state index >= 15 is 0 Å². The molecule has 1 aliphatic heterocycles. The van der Waals surface area contributed by atoms with Gasteiger partial charge >= 0.3 is 0 Å². The van der Waals surface area contributed by atoms with E-state index in [4.69, 9.17) is 11.0 Å². The fraction of sp³-hybridized carbons (Fsp3) is 0.889. The van der Waals surface area contributed by atoms with Gasteiger partial charge in [0.25, 0.3) is 0 Å². The predicted molar refractivity (Wildman–Crippen MR) is 48.2 cm³/mol. The maximum Gasteiger partial charge on any atom is 0.0656 e. The zero-order valence-electron chi connectivity index (χ0n) is 7.66.